The lowest BCUT2D eigenvalue weighted by molar-refractivity contribution is -0.139. The highest BCUT2D eigenvalue weighted by Gasteiger charge is 2.37. The van der Waals surface area contributed by atoms with Gasteiger partial charge in [0.05, 0.1) is 6.10 Å². The minimum absolute atomic E-state index is 0.0541. The standard InChI is InChI=1S/C16H20FN3O3/c1-23-13-8-4-11(5-9-13)14(15(16(21)22)19-20-18)10-2-6-12(17)7-3-10/h2-3,6-7,11,13-15H,4-5,8-9H2,1H3,(H,21,22)/t11-,13-,14?,15?. The molecule has 1 aromatic carbocycles. The van der Waals surface area contributed by atoms with E-state index in [4.69, 9.17) is 10.3 Å². The van der Waals surface area contributed by atoms with Crippen LogP contribution in [0.5, 0.6) is 0 Å². The van der Waals surface area contributed by atoms with E-state index in [1.54, 1.807) is 19.2 Å². The fourth-order valence-electron chi connectivity index (χ4n) is 3.41. The zero-order valence-electron chi connectivity index (χ0n) is 12.9. The lowest BCUT2D eigenvalue weighted by Crippen LogP contribution is -2.34. The van der Waals surface area contributed by atoms with E-state index in [1.807, 2.05) is 0 Å². The molecule has 1 aromatic rings. The summed E-state index contributed by atoms with van der Waals surface area (Å²) in [6.07, 6.45) is 3.42. The van der Waals surface area contributed by atoms with Crippen molar-refractivity contribution >= 4 is 5.97 Å². The Bertz CT molecular complexity index is 577. The molecule has 0 radical (unpaired) electrons. The van der Waals surface area contributed by atoms with Crippen LogP contribution in [0.15, 0.2) is 29.4 Å². The highest BCUT2D eigenvalue weighted by atomic mass is 19.1. The van der Waals surface area contributed by atoms with Gasteiger partial charge in [0.2, 0.25) is 0 Å². The van der Waals surface area contributed by atoms with Gasteiger partial charge in [0.1, 0.15) is 11.9 Å². The third-order valence-corrected chi connectivity index (χ3v) is 4.58. The van der Waals surface area contributed by atoms with Gasteiger partial charge in [-0.05, 0) is 54.8 Å². The van der Waals surface area contributed by atoms with Gasteiger partial charge in [-0.2, -0.15) is 0 Å². The van der Waals surface area contributed by atoms with Crippen LogP contribution in [0.2, 0.25) is 0 Å². The number of hydrogen-bond acceptors (Lipinski definition) is 3. The van der Waals surface area contributed by atoms with Crippen LogP contribution in [0.25, 0.3) is 10.4 Å². The molecule has 1 saturated carbocycles. The lowest BCUT2D eigenvalue weighted by Gasteiger charge is -2.35. The monoisotopic (exact) mass is 321 g/mol. The molecule has 0 saturated heterocycles. The second kappa shape index (κ2) is 7.94. The first kappa shape index (κ1) is 17.2. The molecule has 1 aliphatic carbocycles. The Kier molecular flexibility index (Phi) is 5.96. The summed E-state index contributed by atoms with van der Waals surface area (Å²) >= 11 is 0. The SMILES string of the molecule is CO[C@H]1CC[C@H](C(c2ccc(F)cc2)C(N=[N+]=[N-])C(=O)O)CC1. The first-order valence-electron chi connectivity index (χ1n) is 7.62. The predicted molar refractivity (Wildman–Crippen MR) is 82.5 cm³/mol. The van der Waals surface area contributed by atoms with Crippen LogP contribution in [0.4, 0.5) is 4.39 Å². The average Bonchev–Trinajstić information content (AvgIpc) is 2.56. The molecule has 1 N–H and O–H groups in total. The van der Waals surface area contributed by atoms with Gasteiger partial charge in [-0.1, -0.05) is 17.2 Å². The normalized spacial score (nSPS) is 23.6. The van der Waals surface area contributed by atoms with E-state index in [-0.39, 0.29) is 17.8 Å². The first-order chi connectivity index (χ1) is 11.1. The van der Waals surface area contributed by atoms with Gasteiger partial charge in [-0.25, -0.2) is 4.39 Å². The molecule has 0 amide bonds. The molecule has 7 heteroatoms. The minimum atomic E-state index is -1.20. The molecule has 23 heavy (non-hydrogen) atoms. The molecule has 1 fully saturated rings. The lowest BCUT2D eigenvalue weighted by atomic mass is 9.73. The van der Waals surface area contributed by atoms with Gasteiger partial charge in [-0.15, -0.1) is 0 Å². The number of ether oxygens (including phenoxy) is 1. The van der Waals surface area contributed by atoms with Gasteiger partial charge in [0.25, 0.3) is 0 Å². The van der Waals surface area contributed by atoms with Crippen molar-refractivity contribution in [3.63, 3.8) is 0 Å². The number of carbonyl (C=O) groups is 1. The van der Waals surface area contributed by atoms with Gasteiger partial charge >= 0.3 is 5.97 Å². The number of nitrogens with zero attached hydrogens (tertiary/aromatic N) is 3. The summed E-state index contributed by atoms with van der Waals surface area (Å²) in [5.74, 6) is -1.96. The number of rotatable bonds is 6. The zero-order valence-corrected chi connectivity index (χ0v) is 12.9. The summed E-state index contributed by atoms with van der Waals surface area (Å²) in [5.41, 5.74) is 9.41. The topological polar surface area (TPSA) is 95.3 Å². The second-order valence-corrected chi connectivity index (χ2v) is 5.84. The molecule has 2 atom stereocenters. The first-order valence-corrected chi connectivity index (χ1v) is 7.62. The Hall–Kier alpha value is -2.11. The number of carboxylic acid groups (broad SMARTS) is 1. The van der Waals surface area contributed by atoms with Gasteiger partial charge in [-0.3, -0.25) is 4.79 Å². The number of aliphatic carboxylic acids is 1. The molecule has 0 aromatic heterocycles. The Balaban J connectivity index is 2.32. The summed E-state index contributed by atoms with van der Waals surface area (Å²) in [4.78, 5) is 14.3. The Morgan fingerprint density at radius 3 is 2.43 bits per heavy atom. The molecule has 0 heterocycles. The zero-order chi connectivity index (χ0) is 16.8. The predicted octanol–water partition coefficient (Wildman–Crippen LogP) is 3.88. The molecule has 0 spiro atoms. The van der Waals surface area contributed by atoms with Gasteiger partial charge in [0.15, 0.2) is 0 Å². The van der Waals surface area contributed by atoms with Crippen molar-refractivity contribution in [2.45, 2.75) is 43.7 Å². The molecular formula is C16H20FN3O3. The summed E-state index contributed by atoms with van der Waals surface area (Å²) in [6.45, 7) is 0. The number of azide groups is 1. The molecule has 2 unspecified atom stereocenters. The Labute approximate surface area is 133 Å². The maximum Gasteiger partial charge on any atom is 0.313 e. The van der Waals surface area contributed by atoms with E-state index >= 15 is 0 Å². The smallest absolute Gasteiger partial charge is 0.313 e. The van der Waals surface area contributed by atoms with E-state index in [9.17, 15) is 14.3 Å². The van der Waals surface area contributed by atoms with E-state index in [0.29, 0.717) is 5.56 Å². The van der Waals surface area contributed by atoms with Crippen LogP contribution in [0.1, 0.15) is 37.2 Å². The Morgan fingerprint density at radius 1 is 1.35 bits per heavy atom. The molecule has 124 valence electrons. The molecule has 6 nitrogen and oxygen atoms in total. The van der Waals surface area contributed by atoms with Crippen molar-refractivity contribution in [2.75, 3.05) is 7.11 Å². The Morgan fingerprint density at radius 2 is 1.96 bits per heavy atom. The number of hydrogen-bond donors (Lipinski definition) is 1. The number of methoxy groups -OCH3 is 1. The van der Waals surface area contributed by atoms with Crippen molar-refractivity contribution in [1.29, 1.82) is 0 Å². The maximum atomic E-state index is 13.2. The van der Waals surface area contributed by atoms with Crippen LogP contribution in [-0.4, -0.2) is 30.3 Å². The molecule has 1 aliphatic rings. The van der Waals surface area contributed by atoms with Crippen LogP contribution >= 0.6 is 0 Å². The van der Waals surface area contributed by atoms with E-state index in [2.05, 4.69) is 10.0 Å². The van der Waals surface area contributed by atoms with Gasteiger partial charge in [0, 0.05) is 17.9 Å². The van der Waals surface area contributed by atoms with Crippen molar-refractivity contribution < 1.29 is 19.0 Å². The number of benzene rings is 1. The van der Waals surface area contributed by atoms with Crippen LogP contribution < -0.4 is 0 Å². The highest BCUT2D eigenvalue weighted by Crippen LogP contribution is 2.40. The third kappa shape index (κ3) is 4.21. The quantitative estimate of drug-likeness (QED) is 0.489. The molecule has 0 aliphatic heterocycles. The van der Waals surface area contributed by atoms with Crippen LogP contribution in [-0.2, 0) is 9.53 Å². The number of carboxylic acids is 1. The van der Waals surface area contributed by atoms with Crippen LogP contribution in [0, 0.1) is 11.7 Å². The van der Waals surface area contributed by atoms with Crippen molar-refractivity contribution in [3.05, 3.63) is 46.1 Å². The molecular weight excluding hydrogens is 301 g/mol. The van der Waals surface area contributed by atoms with Crippen molar-refractivity contribution in [2.24, 2.45) is 11.0 Å². The molecule has 0 bridgehead atoms. The highest BCUT2D eigenvalue weighted by molar-refractivity contribution is 5.75. The number of halogens is 1. The summed E-state index contributed by atoms with van der Waals surface area (Å²) in [7, 11) is 1.67. The van der Waals surface area contributed by atoms with Gasteiger partial charge < -0.3 is 9.84 Å². The van der Waals surface area contributed by atoms with Crippen molar-refractivity contribution in [1.82, 2.24) is 0 Å². The fourth-order valence-corrected chi connectivity index (χ4v) is 3.41. The van der Waals surface area contributed by atoms with E-state index in [1.165, 1.54) is 12.1 Å². The van der Waals surface area contributed by atoms with Crippen molar-refractivity contribution in [3.8, 4) is 0 Å². The third-order valence-electron chi connectivity index (χ3n) is 4.58. The maximum absolute atomic E-state index is 13.2. The fraction of sp³-hybridized carbons (Fsp3) is 0.562. The second-order valence-electron chi connectivity index (χ2n) is 5.84. The van der Waals surface area contributed by atoms with Crippen LogP contribution in [0.3, 0.4) is 0 Å². The summed E-state index contributed by atoms with van der Waals surface area (Å²) < 4.78 is 18.5. The van der Waals surface area contributed by atoms with E-state index in [0.717, 1.165) is 25.7 Å². The summed E-state index contributed by atoms with van der Waals surface area (Å²) in [6, 6.07) is 4.56. The summed E-state index contributed by atoms with van der Waals surface area (Å²) in [5, 5.41) is 12.9. The largest absolute Gasteiger partial charge is 0.481 e. The molecule has 2 rings (SSSR count). The minimum Gasteiger partial charge on any atom is -0.481 e. The van der Waals surface area contributed by atoms with E-state index < -0.39 is 17.9 Å². The average molecular weight is 321 g/mol.